The number of nitrogens with zero attached hydrogens (tertiary/aromatic N) is 4. The van der Waals surface area contributed by atoms with Crippen molar-refractivity contribution in [3.05, 3.63) is 95.1 Å². The Morgan fingerprint density at radius 1 is 1.00 bits per heavy atom. The number of aromatic nitrogens is 4. The van der Waals surface area contributed by atoms with Crippen molar-refractivity contribution in [3.63, 3.8) is 0 Å². The van der Waals surface area contributed by atoms with Crippen molar-refractivity contribution < 1.29 is 24.5 Å². The summed E-state index contributed by atoms with van der Waals surface area (Å²) < 4.78 is 14.4. The first kappa shape index (κ1) is 26.8. The van der Waals surface area contributed by atoms with Gasteiger partial charge in [0, 0.05) is 31.2 Å². The number of tetrazole rings is 1. The van der Waals surface area contributed by atoms with Gasteiger partial charge in [-0.05, 0) is 51.4 Å². The molecule has 1 fully saturated rings. The Labute approximate surface area is 230 Å². The zero-order valence-electron chi connectivity index (χ0n) is 21.3. The van der Waals surface area contributed by atoms with Gasteiger partial charge in [-0.3, -0.25) is 4.79 Å². The number of aromatic hydroxyl groups is 1. The van der Waals surface area contributed by atoms with Crippen LogP contribution in [0, 0.1) is 0 Å². The lowest BCUT2D eigenvalue weighted by Gasteiger charge is -2.36. The van der Waals surface area contributed by atoms with Crippen LogP contribution in [0.1, 0.15) is 48.0 Å². The van der Waals surface area contributed by atoms with Crippen molar-refractivity contribution in [1.82, 2.24) is 25.5 Å². The van der Waals surface area contributed by atoms with E-state index in [-0.39, 0.29) is 30.5 Å². The van der Waals surface area contributed by atoms with Crippen LogP contribution >= 0.6 is 11.8 Å². The molecule has 0 unspecified atom stereocenters. The van der Waals surface area contributed by atoms with Crippen LogP contribution in [0.5, 0.6) is 5.75 Å². The molecule has 0 bridgehead atoms. The van der Waals surface area contributed by atoms with Crippen molar-refractivity contribution in [2.75, 3.05) is 5.75 Å². The summed E-state index contributed by atoms with van der Waals surface area (Å²) in [6.45, 7) is 1.93. The minimum Gasteiger partial charge on any atom is -0.508 e. The number of carbonyl (C=O) groups excluding carboxylic acids is 1. The van der Waals surface area contributed by atoms with Crippen molar-refractivity contribution in [2.45, 2.75) is 50.2 Å². The summed E-state index contributed by atoms with van der Waals surface area (Å²) in [5.41, 5.74) is 4.44. The van der Waals surface area contributed by atoms with E-state index in [0.717, 1.165) is 27.9 Å². The number of amides is 1. The van der Waals surface area contributed by atoms with Crippen LogP contribution in [0.4, 0.5) is 0 Å². The zero-order valence-corrected chi connectivity index (χ0v) is 22.1. The van der Waals surface area contributed by atoms with Crippen LogP contribution < -0.4 is 5.32 Å². The third-order valence-corrected chi connectivity index (χ3v) is 7.39. The van der Waals surface area contributed by atoms with Gasteiger partial charge in [0.1, 0.15) is 5.75 Å². The number of phenolic OH excluding ortho intramolecular Hbond substituents is 1. The van der Waals surface area contributed by atoms with Crippen LogP contribution in [0.25, 0.3) is 5.69 Å². The molecule has 5 rings (SSSR count). The van der Waals surface area contributed by atoms with Gasteiger partial charge in [-0.2, -0.15) is 4.68 Å². The fraction of sp³-hybridized carbons (Fsp3) is 0.286. The summed E-state index contributed by atoms with van der Waals surface area (Å²) in [4.78, 5) is 11.2. The van der Waals surface area contributed by atoms with E-state index < -0.39 is 6.29 Å². The summed E-state index contributed by atoms with van der Waals surface area (Å²) in [5.74, 6) is 0.679. The molecule has 1 aromatic heterocycles. The Bertz CT molecular complexity index is 1380. The van der Waals surface area contributed by atoms with Gasteiger partial charge >= 0.3 is 0 Å². The topological polar surface area (TPSA) is 132 Å². The number of aliphatic hydroxyl groups excluding tert-OH is 1. The molecule has 0 saturated carbocycles. The minimum atomic E-state index is -0.588. The fourth-order valence-corrected chi connectivity index (χ4v) is 5.14. The summed E-state index contributed by atoms with van der Waals surface area (Å²) >= 11 is 1.48. The van der Waals surface area contributed by atoms with E-state index in [4.69, 9.17) is 9.47 Å². The second-order valence-electron chi connectivity index (χ2n) is 9.20. The summed E-state index contributed by atoms with van der Waals surface area (Å²) in [7, 11) is 0. The van der Waals surface area contributed by atoms with Gasteiger partial charge in [0.05, 0.1) is 24.5 Å². The number of rotatable bonds is 9. The Morgan fingerprint density at radius 3 is 2.38 bits per heavy atom. The number of nitrogens with one attached hydrogen (secondary N) is 1. The van der Waals surface area contributed by atoms with Crippen LogP contribution in [0.15, 0.2) is 78.0 Å². The standard InChI is InChI=1S/C28H29N5O5S/c1-18(35)29-15-19-2-8-22(9-3-19)27-37-25(14-26(38-27)21-6-4-20(16-34)5-7-21)17-39-28-30-31-32-33(28)23-10-12-24(36)13-11-23/h2-13,25-27,34,36H,14-17H2,1H3,(H,29,35)/t25-,26+,27+/m0/s1. The fourth-order valence-electron chi connectivity index (χ4n) is 4.23. The van der Waals surface area contributed by atoms with Crippen LogP contribution in [-0.4, -0.2) is 48.2 Å². The predicted octanol–water partition coefficient (Wildman–Crippen LogP) is 3.83. The predicted molar refractivity (Wildman–Crippen MR) is 144 cm³/mol. The molecule has 0 radical (unpaired) electrons. The van der Waals surface area contributed by atoms with Crippen LogP contribution in [0.3, 0.4) is 0 Å². The third-order valence-electron chi connectivity index (χ3n) is 6.34. The van der Waals surface area contributed by atoms with Gasteiger partial charge < -0.3 is 25.0 Å². The lowest BCUT2D eigenvalue weighted by Crippen LogP contribution is -2.31. The number of thioether (sulfide) groups is 1. The molecule has 3 aromatic carbocycles. The number of carbonyl (C=O) groups is 1. The largest absolute Gasteiger partial charge is 0.508 e. The molecule has 2 heterocycles. The van der Waals surface area contributed by atoms with Gasteiger partial charge in [-0.25, -0.2) is 0 Å². The van der Waals surface area contributed by atoms with E-state index in [1.165, 1.54) is 18.7 Å². The molecule has 39 heavy (non-hydrogen) atoms. The van der Waals surface area contributed by atoms with E-state index in [0.29, 0.717) is 23.9 Å². The quantitative estimate of drug-likeness (QED) is 0.268. The molecule has 0 spiro atoms. The summed E-state index contributed by atoms with van der Waals surface area (Å²) in [5, 5.41) is 34.5. The molecular formula is C28H29N5O5S. The molecule has 3 N–H and O–H groups in total. The normalized spacial score (nSPS) is 19.1. The van der Waals surface area contributed by atoms with Gasteiger partial charge in [-0.15, -0.1) is 5.10 Å². The number of hydrogen-bond donors (Lipinski definition) is 3. The first-order valence-corrected chi connectivity index (χ1v) is 13.5. The van der Waals surface area contributed by atoms with Crippen molar-refractivity contribution in [1.29, 1.82) is 0 Å². The maximum atomic E-state index is 11.2. The molecule has 0 aliphatic carbocycles. The Kier molecular flexibility index (Phi) is 8.52. The van der Waals surface area contributed by atoms with Gasteiger partial charge in [0.25, 0.3) is 0 Å². The highest BCUT2D eigenvalue weighted by molar-refractivity contribution is 7.99. The lowest BCUT2D eigenvalue weighted by atomic mass is 10.0. The first-order chi connectivity index (χ1) is 19.0. The maximum absolute atomic E-state index is 11.2. The number of phenols is 1. The van der Waals surface area contributed by atoms with Crippen LogP contribution in [-0.2, 0) is 27.4 Å². The first-order valence-electron chi connectivity index (χ1n) is 12.5. The molecule has 1 aliphatic heterocycles. The molecule has 10 nitrogen and oxygen atoms in total. The van der Waals surface area contributed by atoms with Crippen molar-refractivity contribution in [2.24, 2.45) is 0 Å². The minimum absolute atomic E-state index is 0.0165. The van der Waals surface area contributed by atoms with Crippen molar-refractivity contribution in [3.8, 4) is 11.4 Å². The monoisotopic (exact) mass is 547 g/mol. The second-order valence-corrected chi connectivity index (χ2v) is 10.2. The van der Waals surface area contributed by atoms with E-state index in [1.54, 1.807) is 28.9 Å². The maximum Gasteiger partial charge on any atom is 0.217 e. The van der Waals surface area contributed by atoms with Crippen LogP contribution in [0.2, 0.25) is 0 Å². The molecule has 1 aliphatic rings. The Hall–Kier alpha value is -3.77. The van der Waals surface area contributed by atoms with E-state index in [1.807, 2.05) is 48.5 Å². The summed E-state index contributed by atoms with van der Waals surface area (Å²) in [6.07, 6.45) is -0.340. The SMILES string of the molecule is CC(=O)NCc1ccc([C@@H]2O[C@H](CSc3nnnn3-c3ccc(O)cc3)C[C@H](c3ccc(CO)cc3)O2)cc1. The highest BCUT2D eigenvalue weighted by Crippen LogP contribution is 2.39. The third kappa shape index (κ3) is 6.82. The molecule has 1 amide bonds. The summed E-state index contributed by atoms with van der Waals surface area (Å²) in [6, 6.07) is 22.2. The molecule has 4 aromatic rings. The number of ether oxygens (including phenoxy) is 2. The van der Waals surface area contributed by atoms with Gasteiger partial charge in [0.15, 0.2) is 6.29 Å². The molecular weight excluding hydrogens is 518 g/mol. The average molecular weight is 548 g/mol. The second kappa shape index (κ2) is 12.4. The van der Waals surface area contributed by atoms with Gasteiger partial charge in [-0.1, -0.05) is 60.3 Å². The van der Waals surface area contributed by atoms with E-state index in [2.05, 4.69) is 20.8 Å². The number of aliphatic hydroxyl groups is 1. The van der Waals surface area contributed by atoms with Crippen molar-refractivity contribution >= 4 is 17.7 Å². The molecule has 202 valence electrons. The average Bonchev–Trinajstić information content (AvgIpc) is 3.44. The van der Waals surface area contributed by atoms with Gasteiger partial charge in [0.2, 0.25) is 11.1 Å². The van der Waals surface area contributed by atoms with E-state index >= 15 is 0 Å². The molecule has 3 atom stereocenters. The Balaban J connectivity index is 1.33. The Morgan fingerprint density at radius 2 is 1.69 bits per heavy atom. The van der Waals surface area contributed by atoms with E-state index in [9.17, 15) is 15.0 Å². The highest BCUT2D eigenvalue weighted by atomic mass is 32.2. The number of hydrogen-bond acceptors (Lipinski definition) is 9. The molecule has 11 heteroatoms. The smallest absolute Gasteiger partial charge is 0.217 e. The molecule has 1 saturated heterocycles. The lowest BCUT2D eigenvalue weighted by molar-refractivity contribution is -0.245. The zero-order chi connectivity index (χ0) is 27.2. The number of benzene rings is 3. The highest BCUT2D eigenvalue weighted by Gasteiger charge is 2.32.